The third kappa shape index (κ3) is 8.46. The van der Waals surface area contributed by atoms with Crippen molar-refractivity contribution in [2.45, 2.75) is 51.4 Å². The number of ether oxygens (including phenoxy) is 3. The maximum Gasteiger partial charge on any atom is 0.194 e. The number of nitrogens with zero attached hydrogens (tertiary/aromatic N) is 2. The summed E-state index contributed by atoms with van der Waals surface area (Å²) in [6.07, 6.45) is 10.1. The second kappa shape index (κ2) is 15.3. The Morgan fingerprint density at radius 1 is 1.00 bits per heavy atom. The van der Waals surface area contributed by atoms with Gasteiger partial charge in [-0.25, -0.2) is 0 Å². The number of benzene rings is 1. The number of nitrogens with one attached hydrogen (secondary N) is 1. The van der Waals surface area contributed by atoms with Crippen LogP contribution in [0.3, 0.4) is 0 Å². The highest BCUT2D eigenvalue weighted by Crippen LogP contribution is 2.40. The first-order valence-electron chi connectivity index (χ1n) is 14.7. The van der Waals surface area contributed by atoms with E-state index in [0.29, 0.717) is 13.2 Å². The molecule has 3 atom stereocenters. The lowest BCUT2D eigenvalue weighted by atomic mass is 9.82. The lowest BCUT2D eigenvalue weighted by molar-refractivity contribution is -0.223. The minimum atomic E-state index is -0.771. The number of aliphatic hydroxyl groups excluding tert-OH is 1. The first-order chi connectivity index (χ1) is 18.6. The maximum absolute atomic E-state index is 9.82. The molecule has 212 valence electrons. The van der Waals surface area contributed by atoms with Crippen LogP contribution >= 0.6 is 0 Å². The summed E-state index contributed by atoms with van der Waals surface area (Å²) in [6, 6.07) is 8.56. The zero-order valence-corrected chi connectivity index (χ0v) is 23.6. The fourth-order valence-electron chi connectivity index (χ4n) is 5.74. The number of aliphatic hydroxyl groups is 1. The third-order valence-electron chi connectivity index (χ3n) is 8.08. The zero-order valence-electron chi connectivity index (χ0n) is 23.6. The predicted molar refractivity (Wildman–Crippen MR) is 153 cm³/mol. The Kier molecular flexibility index (Phi) is 11.8. The molecule has 2 heterocycles. The molecule has 2 saturated heterocycles. The van der Waals surface area contributed by atoms with Gasteiger partial charge in [-0.2, -0.15) is 0 Å². The zero-order chi connectivity index (χ0) is 26.6. The van der Waals surface area contributed by atoms with Gasteiger partial charge in [-0.3, -0.25) is 4.90 Å². The van der Waals surface area contributed by atoms with Gasteiger partial charge in [0.15, 0.2) is 5.79 Å². The Labute approximate surface area is 229 Å². The first kappa shape index (κ1) is 29.4. The van der Waals surface area contributed by atoms with Crippen molar-refractivity contribution in [2.24, 2.45) is 5.92 Å². The number of rotatable bonds is 15. The van der Waals surface area contributed by atoms with Crippen molar-refractivity contribution >= 4 is 5.57 Å². The van der Waals surface area contributed by atoms with Crippen molar-refractivity contribution in [3.8, 4) is 0 Å². The minimum absolute atomic E-state index is 0.0729. The van der Waals surface area contributed by atoms with E-state index in [-0.39, 0.29) is 12.0 Å². The van der Waals surface area contributed by atoms with Crippen LogP contribution in [0.4, 0.5) is 0 Å². The number of hydrogen-bond acceptors (Lipinski definition) is 7. The molecule has 7 nitrogen and oxygen atoms in total. The molecular formula is C31H49N3O4. The van der Waals surface area contributed by atoms with Gasteiger partial charge in [0.1, 0.15) is 0 Å². The highest BCUT2D eigenvalue weighted by molar-refractivity contribution is 5.73. The van der Waals surface area contributed by atoms with E-state index in [1.165, 1.54) is 16.7 Å². The molecule has 7 heteroatoms. The SMILES string of the molecule is Cc1ccccc1C1=CC=CC(OCCCNCCCN2CCOCC2)(OCCCN2CC[C@@H](O)C2)C1C. The van der Waals surface area contributed by atoms with Gasteiger partial charge in [-0.1, -0.05) is 43.3 Å². The largest absolute Gasteiger partial charge is 0.392 e. The van der Waals surface area contributed by atoms with E-state index in [1.807, 2.05) is 0 Å². The van der Waals surface area contributed by atoms with Crippen molar-refractivity contribution in [3.63, 3.8) is 0 Å². The molecule has 38 heavy (non-hydrogen) atoms. The molecule has 2 N–H and O–H groups in total. The summed E-state index contributed by atoms with van der Waals surface area (Å²) in [5, 5.41) is 13.4. The van der Waals surface area contributed by atoms with E-state index in [1.54, 1.807) is 0 Å². The quantitative estimate of drug-likeness (QED) is 0.267. The summed E-state index contributed by atoms with van der Waals surface area (Å²) in [5.41, 5.74) is 3.78. The number of likely N-dealkylation sites (tertiary alicyclic amines) is 1. The average Bonchev–Trinajstić information content (AvgIpc) is 3.35. The van der Waals surface area contributed by atoms with Gasteiger partial charge in [0, 0.05) is 38.6 Å². The molecule has 0 spiro atoms. The number of morpholine rings is 1. The maximum atomic E-state index is 9.82. The van der Waals surface area contributed by atoms with Crippen LogP contribution in [0.15, 0.2) is 42.5 Å². The second-order valence-corrected chi connectivity index (χ2v) is 10.9. The monoisotopic (exact) mass is 527 g/mol. The van der Waals surface area contributed by atoms with Crippen molar-refractivity contribution in [2.75, 3.05) is 78.8 Å². The van der Waals surface area contributed by atoms with Crippen LogP contribution in [0.25, 0.3) is 5.57 Å². The number of allylic oxidation sites excluding steroid dienone is 2. The average molecular weight is 528 g/mol. The van der Waals surface area contributed by atoms with E-state index in [2.05, 4.69) is 71.5 Å². The minimum Gasteiger partial charge on any atom is -0.392 e. The highest BCUT2D eigenvalue weighted by Gasteiger charge is 2.40. The van der Waals surface area contributed by atoms with E-state index in [4.69, 9.17) is 14.2 Å². The van der Waals surface area contributed by atoms with Gasteiger partial charge >= 0.3 is 0 Å². The summed E-state index contributed by atoms with van der Waals surface area (Å²) in [7, 11) is 0. The van der Waals surface area contributed by atoms with Gasteiger partial charge in [0.25, 0.3) is 0 Å². The van der Waals surface area contributed by atoms with E-state index in [0.717, 1.165) is 91.3 Å². The normalized spacial score (nSPS) is 26.7. The van der Waals surface area contributed by atoms with Crippen LogP contribution in [0.2, 0.25) is 0 Å². The van der Waals surface area contributed by atoms with Gasteiger partial charge in [-0.15, -0.1) is 0 Å². The Morgan fingerprint density at radius 2 is 1.74 bits per heavy atom. The molecule has 2 fully saturated rings. The number of hydrogen-bond donors (Lipinski definition) is 2. The molecule has 4 rings (SSSR count). The summed E-state index contributed by atoms with van der Waals surface area (Å²) < 4.78 is 18.6. The van der Waals surface area contributed by atoms with Crippen LogP contribution in [0, 0.1) is 12.8 Å². The van der Waals surface area contributed by atoms with E-state index < -0.39 is 5.79 Å². The predicted octanol–water partition coefficient (Wildman–Crippen LogP) is 3.47. The molecule has 2 unspecified atom stereocenters. The van der Waals surface area contributed by atoms with Gasteiger partial charge in [-0.05, 0) is 75.0 Å². The molecule has 2 aliphatic heterocycles. The number of aryl methyl sites for hydroxylation is 1. The van der Waals surface area contributed by atoms with Crippen molar-refractivity contribution < 1.29 is 19.3 Å². The molecule has 0 saturated carbocycles. The Balaban J connectivity index is 1.26. The lowest BCUT2D eigenvalue weighted by Crippen LogP contribution is -2.43. The van der Waals surface area contributed by atoms with Crippen LogP contribution in [0.5, 0.6) is 0 Å². The first-order valence-corrected chi connectivity index (χ1v) is 14.7. The fraction of sp³-hybridized carbons (Fsp3) is 0.677. The van der Waals surface area contributed by atoms with Gasteiger partial charge < -0.3 is 29.5 Å². The Hall–Kier alpha value is -1.58. The summed E-state index contributed by atoms with van der Waals surface area (Å²) in [4.78, 5) is 4.81. The molecule has 1 aromatic carbocycles. The molecule has 0 amide bonds. The highest BCUT2D eigenvalue weighted by atomic mass is 16.7. The lowest BCUT2D eigenvalue weighted by Gasteiger charge is -2.40. The molecule has 1 aromatic rings. The van der Waals surface area contributed by atoms with Gasteiger partial charge in [0.2, 0.25) is 0 Å². The van der Waals surface area contributed by atoms with Crippen LogP contribution in [-0.2, 0) is 14.2 Å². The fourth-order valence-corrected chi connectivity index (χ4v) is 5.74. The third-order valence-corrected chi connectivity index (χ3v) is 8.08. The van der Waals surface area contributed by atoms with E-state index >= 15 is 0 Å². The molecule has 3 aliphatic rings. The molecule has 1 aliphatic carbocycles. The van der Waals surface area contributed by atoms with Crippen molar-refractivity contribution in [1.29, 1.82) is 0 Å². The van der Waals surface area contributed by atoms with Crippen molar-refractivity contribution in [1.82, 2.24) is 15.1 Å². The summed E-state index contributed by atoms with van der Waals surface area (Å²) >= 11 is 0. The van der Waals surface area contributed by atoms with Crippen LogP contribution in [0.1, 0.15) is 43.7 Å². The Morgan fingerprint density at radius 3 is 2.50 bits per heavy atom. The molecular weight excluding hydrogens is 478 g/mol. The number of β-amino-alcohol motifs (C(OH)–C–C–N with tert-alkyl or cyclic N) is 1. The topological polar surface area (TPSA) is 66.4 Å². The standard InChI is InChI=1S/C31H49N3O4/c1-26-9-3-4-10-29(26)30-11-5-13-31(27(30)2,38-22-8-17-34-18-12-28(35)25-34)37-21-7-15-32-14-6-16-33-19-23-36-24-20-33/h3-5,9-11,13,27-28,32,35H,6-8,12,14-25H2,1-2H3/t27?,28-,31?/m1/s1. The Bertz CT molecular complexity index is 901. The summed E-state index contributed by atoms with van der Waals surface area (Å²) in [5.74, 6) is -0.698. The van der Waals surface area contributed by atoms with Crippen LogP contribution < -0.4 is 5.32 Å². The second-order valence-electron chi connectivity index (χ2n) is 10.9. The molecule has 0 bridgehead atoms. The summed E-state index contributed by atoms with van der Waals surface area (Å²) in [6.45, 7) is 15.3. The van der Waals surface area contributed by atoms with Crippen LogP contribution in [-0.4, -0.2) is 106 Å². The molecule has 0 radical (unpaired) electrons. The molecule has 0 aromatic heterocycles. The smallest absolute Gasteiger partial charge is 0.194 e. The van der Waals surface area contributed by atoms with Gasteiger partial charge in [0.05, 0.1) is 32.5 Å². The van der Waals surface area contributed by atoms with E-state index in [9.17, 15) is 5.11 Å². The van der Waals surface area contributed by atoms with Crippen molar-refractivity contribution in [3.05, 3.63) is 53.6 Å².